The summed E-state index contributed by atoms with van der Waals surface area (Å²) in [5.41, 5.74) is 2.89. The Morgan fingerprint density at radius 3 is 2.25 bits per heavy atom. The molecular formula is C19H21N3O2. The molecule has 0 saturated carbocycles. The van der Waals surface area contributed by atoms with Gasteiger partial charge in [0.15, 0.2) is 5.78 Å². The second-order valence-corrected chi connectivity index (χ2v) is 5.70. The Morgan fingerprint density at radius 2 is 1.67 bits per heavy atom. The van der Waals surface area contributed by atoms with Crippen molar-refractivity contribution in [3.63, 3.8) is 0 Å². The van der Waals surface area contributed by atoms with Crippen LogP contribution in [0, 0.1) is 5.41 Å². The molecule has 0 amide bonds. The number of rotatable bonds is 6. The van der Waals surface area contributed by atoms with E-state index in [1.165, 1.54) is 0 Å². The second kappa shape index (κ2) is 6.74. The fourth-order valence-electron chi connectivity index (χ4n) is 2.92. The van der Waals surface area contributed by atoms with Gasteiger partial charge in [-0.15, -0.1) is 0 Å². The van der Waals surface area contributed by atoms with E-state index >= 15 is 0 Å². The lowest BCUT2D eigenvalue weighted by Crippen LogP contribution is -2.27. The maximum atomic E-state index is 12.6. The van der Waals surface area contributed by atoms with Crippen LogP contribution < -0.4 is 10.4 Å². The van der Waals surface area contributed by atoms with Gasteiger partial charge in [0.1, 0.15) is 5.75 Å². The number of benzene rings is 2. The maximum absolute atomic E-state index is 12.6. The fraction of sp³-hybridized carbons (Fsp3) is 0.263. The minimum absolute atomic E-state index is 0.0180. The van der Waals surface area contributed by atoms with Crippen LogP contribution >= 0.6 is 0 Å². The summed E-state index contributed by atoms with van der Waals surface area (Å²) in [6.45, 7) is 3.01. The lowest BCUT2D eigenvalue weighted by atomic mass is 10.1. The molecule has 24 heavy (non-hydrogen) atoms. The summed E-state index contributed by atoms with van der Waals surface area (Å²) < 4.78 is 8.85. The van der Waals surface area contributed by atoms with Gasteiger partial charge in [-0.25, -0.2) is 0 Å². The van der Waals surface area contributed by atoms with Gasteiger partial charge in [0.2, 0.25) is 5.62 Å². The molecule has 5 nitrogen and oxygen atoms in total. The topological polar surface area (TPSA) is 60.0 Å². The molecule has 0 bridgehead atoms. The normalized spacial score (nSPS) is 10.9. The van der Waals surface area contributed by atoms with E-state index in [-0.39, 0.29) is 12.3 Å². The quantitative estimate of drug-likeness (QED) is 0.708. The zero-order valence-corrected chi connectivity index (χ0v) is 14.0. The molecule has 3 rings (SSSR count). The highest BCUT2D eigenvalue weighted by atomic mass is 16.5. The third kappa shape index (κ3) is 2.85. The van der Waals surface area contributed by atoms with Crippen molar-refractivity contribution in [2.45, 2.75) is 26.4 Å². The summed E-state index contributed by atoms with van der Waals surface area (Å²) in [5, 5.41) is 8.45. The zero-order valence-electron chi connectivity index (χ0n) is 14.0. The van der Waals surface area contributed by atoms with E-state index < -0.39 is 0 Å². The fourth-order valence-corrected chi connectivity index (χ4v) is 2.92. The molecule has 124 valence electrons. The summed E-state index contributed by atoms with van der Waals surface area (Å²) in [5.74, 6) is 0.704. The predicted molar refractivity (Wildman–Crippen MR) is 93.4 cm³/mol. The highest BCUT2D eigenvalue weighted by Gasteiger charge is 2.14. The maximum Gasteiger partial charge on any atom is 0.203 e. The average molecular weight is 323 g/mol. The van der Waals surface area contributed by atoms with Gasteiger partial charge in [0.05, 0.1) is 24.7 Å². The van der Waals surface area contributed by atoms with Crippen molar-refractivity contribution in [3.8, 4) is 5.75 Å². The third-order valence-corrected chi connectivity index (χ3v) is 4.14. The first kappa shape index (κ1) is 16.1. The Balaban J connectivity index is 1.98. The molecule has 3 aromatic rings. The Bertz CT molecular complexity index is 920. The lowest BCUT2D eigenvalue weighted by molar-refractivity contribution is 0.0971. The van der Waals surface area contributed by atoms with Gasteiger partial charge in [-0.1, -0.05) is 19.1 Å². The van der Waals surface area contributed by atoms with Gasteiger partial charge in [-0.05, 0) is 42.8 Å². The van der Waals surface area contributed by atoms with E-state index in [9.17, 15) is 4.79 Å². The van der Waals surface area contributed by atoms with Gasteiger partial charge < -0.3 is 13.9 Å². The molecule has 0 aliphatic rings. The highest BCUT2D eigenvalue weighted by molar-refractivity contribution is 5.96. The molecule has 0 spiro atoms. The molecule has 1 N–H and O–H groups in total. The molecule has 0 fully saturated rings. The lowest BCUT2D eigenvalue weighted by Gasteiger charge is -2.05. The molecule has 0 radical (unpaired) electrons. The van der Waals surface area contributed by atoms with Crippen molar-refractivity contribution < 1.29 is 9.53 Å². The number of Topliss-reactive ketones (excluding diaryl/α,β-unsaturated/α-hetero) is 1. The predicted octanol–water partition coefficient (Wildman–Crippen LogP) is 3.22. The summed E-state index contributed by atoms with van der Waals surface area (Å²) in [6.07, 6.45) is 0.941. The van der Waals surface area contributed by atoms with Crippen LogP contribution in [0.15, 0.2) is 48.5 Å². The molecule has 0 unspecified atom stereocenters. The van der Waals surface area contributed by atoms with E-state index in [2.05, 4.69) is 6.92 Å². The molecule has 5 heteroatoms. The number of ketones is 1. The standard InChI is InChI=1S/C19H21N3O2/c1-3-12-21-16-6-4-5-7-17(16)22(19(21)20)13-18(23)14-8-10-15(24-2)11-9-14/h4-11,20H,3,12-13H2,1-2H3. The number of fused-ring (bicyclic) bond motifs is 1. The van der Waals surface area contributed by atoms with Crippen LogP contribution in [-0.2, 0) is 13.1 Å². The number of carbonyl (C=O) groups excluding carboxylic acids is 1. The summed E-state index contributed by atoms with van der Waals surface area (Å²) in [4.78, 5) is 12.6. The number of hydrogen-bond donors (Lipinski definition) is 1. The SMILES string of the molecule is CCCn1c(=N)n(CC(=O)c2ccc(OC)cc2)c2ccccc21. The number of carbonyl (C=O) groups is 1. The van der Waals surface area contributed by atoms with Crippen molar-refractivity contribution in [2.75, 3.05) is 7.11 Å². The first-order valence-electron chi connectivity index (χ1n) is 8.05. The van der Waals surface area contributed by atoms with E-state index in [4.69, 9.17) is 10.1 Å². The molecule has 0 aliphatic heterocycles. The average Bonchev–Trinajstić information content (AvgIpc) is 2.88. The van der Waals surface area contributed by atoms with Crippen LogP contribution in [0.3, 0.4) is 0 Å². The van der Waals surface area contributed by atoms with Crippen molar-refractivity contribution in [3.05, 3.63) is 59.7 Å². The Hall–Kier alpha value is -2.82. The van der Waals surface area contributed by atoms with Crippen molar-refractivity contribution >= 4 is 16.8 Å². The van der Waals surface area contributed by atoms with E-state index in [0.717, 1.165) is 29.7 Å². The van der Waals surface area contributed by atoms with Gasteiger partial charge >= 0.3 is 0 Å². The van der Waals surface area contributed by atoms with Crippen LogP contribution in [0.2, 0.25) is 0 Å². The molecule has 0 aliphatic carbocycles. The number of ether oxygens (including phenoxy) is 1. The second-order valence-electron chi connectivity index (χ2n) is 5.70. The number of para-hydroxylation sites is 2. The number of methoxy groups -OCH3 is 1. The van der Waals surface area contributed by atoms with E-state index in [0.29, 0.717) is 11.2 Å². The minimum atomic E-state index is -0.0180. The third-order valence-electron chi connectivity index (χ3n) is 4.14. The summed E-state index contributed by atoms with van der Waals surface area (Å²) in [6, 6.07) is 14.9. The number of hydrogen-bond acceptors (Lipinski definition) is 3. The summed E-state index contributed by atoms with van der Waals surface area (Å²) in [7, 11) is 1.60. The van der Waals surface area contributed by atoms with Crippen LogP contribution in [-0.4, -0.2) is 22.0 Å². The largest absolute Gasteiger partial charge is 0.497 e. The van der Waals surface area contributed by atoms with Gasteiger partial charge in [0, 0.05) is 12.1 Å². The molecule has 1 heterocycles. The molecule has 2 aromatic carbocycles. The smallest absolute Gasteiger partial charge is 0.203 e. The number of aromatic nitrogens is 2. The minimum Gasteiger partial charge on any atom is -0.497 e. The number of nitrogens with zero attached hydrogens (tertiary/aromatic N) is 2. The van der Waals surface area contributed by atoms with Crippen molar-refractivity contribution in [1.82, 2.24) is 9.13 Å². The zero-order chi connectivity index (χ0) is 17.1. The van der Waals surface area contributed by atoms with Crippen LogP contribution in [0.1, 0.15) is 23.7 Å². The monoisotopic (exact) mass is 323 g/mol. The molecule has 1 aromatic heterocycles. The number of nitrogens with one attached hydrogen (secondary N) is 1. The van der Waals surface area contributed by atoms with Gasteiger partial charge in [0.25, 0.3) is 0 Å². The van der Waals surface area contributed by atoms with Gasteiger partial charge in [-0.3, -0.25) is 10.2 Å². The Morgan fingerprint density at radius 1 is 1.04 bits per heavy atom. The van der Waals surface area contributed by atoms with Crippen molar-refractivity contribution in [1.29, 1.82) is 5.41 Å². The van der Waals surface area contributed by atoms with Crippen LogP contribution in [0.5, 0.6) is 5.75 Å². The number of imidazole rings is 1. The Labute approximate surface area is 140 Å². The summed E-state index contributed by atoms with van der Waals surface area (Å²) >= 11 is 0. The Kier molecular flexibility index (Phi) is 4.51. The molecule has 0 saturated heterocycles. The first-order chi connectivity index (χ1) is 11.7. The van der Waals surface area contributed by atoms with Crippen LogP contribution in [0.25, 0.3) is 11.0 Å². The highest BCUT2D eigenvalue weighted by Crippen LogP contribution is 2.16. The van der Waals surface area contributed by atoms with Gasteiger partial charge in [-0.2, -0.15) is 0 Å². The van der Waals surface area contributed by atoms with Crippen LogP contribution in [0.4, 0.5) is 0 Å². The molecule has 0 atom stereocenters. The number of aryl methyl sites for hydroxylation is 1. The molecular weight excluding hydrogens is 302 g/mol. The van der Waals surface area contributed by atoms with E-state index in [1.54, 1.807) is 35.9 Å². The van der Waals surface area contributed by atoms with Crippen molar-refractivity contribution in [2.24, 2.45) is 0 Å². The van der Waals surface area contributed by atoms with E-state index in [1.807, 2.05) is 28.8 Å². The first-order valence-corrected chi connectivity index (χ1v) is 8.05.